The van der Waals surface area contributed by atoms with Gasteiger partial charge in [0, 0.05) is 39.0 Å². The molecule has 2 heterocycles. The zero-order valence-corrected chi connectivity index (χ0v) is 24.4. The average molecular weight is 554 g/mol. The van der Waals surface area contributed by atoms with Gasteiger partial charge in [0.1, 0.15) is 12.6 Å². The second-order valence-electron chi connectivity index (χ2n) is 12.1. The van der Waals surface area contributed by atoms with Crippen LogP contribution in [0.4, 0.5) is 0 Å². The van der Waals surface area contributed by atoms with Crippen LogP contribution in [0.25, 0.3) is 0 Å². The van der Waals surface area contributed by atoms with Gasteiger partial charge in [0.05, 0.1) is 19.8 Å². The Balaban J connectivity index is 1.93. The molecule has 0 aromatic heterocycles. The van der Waals surface area contributed by atoms with Crippen molar-refractivity contribution < 1.29 is 28.7 Å². The summed E-state index contributed by atoms with van der Waals surface area (Å²) in [6, 6.07) is -0.680. The zero-order chi connectivity index (χ0) is 28.7. The van der Waals surface area contributed by atoms with Crippen LogP contribution in [0, 0.1) is 17.3 Å². The van der Waals surface area contributed by atoms with E-state index in [-0.39, 0.29) is 48.2 Å². The molecule has 11 heteroatoms. The molecule has 0 aromatic rings. The first kappa shape index (κ1) is 33.0. The average Bonchev–Trinajstić information content (AvgIpc) is 2.84. The predicted molar refractivity (Wildman–Crippen MR) is 149 cm³/mol. The van der Waals surface area contributed by atoms with Crippen LogP contribution >= 0.6 is 0 Å². The summed E-state index contributed by atoms with van der Waals surface area (Å²) < 4.78 is 10.9. The smallest absolute Gasteiger partial charge is 0.246 e. The minimum atomic E-state index is -0.680. The van der Waals surface area contributed by atoms with Crippen LogP contribution < -0.4 is 21.3 Å². The van der Waals surface area contributed by atoms with Crippen molar-refractivity contribution in [2.24, 2.45) is 17.3 Å². The molecule has 2 rings (SSSR count). The highest BCUT2D eigenvalue weighted by atomic mass is 16.5. The van der Waals surface area contributed by atoms with Crippen LogP contribution in [-0.4, -0.2) is 101 Å². The molecule has 0 unspecified atom stereocenters. The van der Waals surface area contributed by atoms with E-state index < -0.39 is 6.04 Å². The SMILES string of the molecule is CN1CC[C@H]2CC(=O)NCCOCCOCC(=O)N[C@@H](CCCCNC(=O)CC(C)(C)C)C(=O)NCC[C@H]2C1. The van der Waals surface area contributed by atoms with Crippen LogP contribution in [0.5, 0.6) is 0 Å². The number of amides is 4. The maximum atomic E-state index is 13.1. The fourth-order valence-corrected chi connectivity index (χ4v) is 5.07. The van der Waals surface area contributed by atoms with Crippen molar-refractivity contribution in [1.29, 1.82) is 0 Å². The summed E-state index contributed by atoms with van der Waals surface area (Å²) in [5.41, 5.74) is -0.0680. The van der Waals surface area contributed by atoms with Gasteiger partial charge in [0.15, 0.2) is 0 Å². The Morgan fingerprint density at radius 2 is 1.74 bits per heavy atom. The molecular formula is C28H51N5O6. The molecule has 2 saturated heterocycles. The highest BCUT2D eigenvalue weighted by molar-refractivity contribution is 5.88. The summed E-state index contributed by atoms with van der Waals surface area (Å²) >= 11 is 0. The molecule has 11 nitrogen and oxygen atoms in total. The molecule has 4 N–H and O–H groups in total. The number of piperidine rings is 1. The minimum absolute atomic E-state index is 0.0192. The first-order chi connectivity index (χ1) is 18.5. The first-order valence-corrected chi connectivity index (χ1v) is 14.5. The van der Waals surface area contributed by atoms with Crippen molar-refractivity contribution in [2.45, 2.75) is 71.8 Å². The van der Waals surface area contributed by atoms with Gasteiger partial charge in [0.25, 0.3) is 0 Å². The monoisotopic (exact) mass is 553 g/mol. The Morgan fingerprint density at radius 1 is 0.974 bits per heavy atom. The highest BCUT2D eigenvalue weighted by Gasteiger charge is 2.30. The number of ether oxygens (including phenoxy) is 2. The summed E-state index contributed by atoms with van der Waals surface area (Å²) in [6.07, 6.45) is 4.49. The van der Waals surface area contributed by atoms with Crippen molar-refractivity contribution in [3.05, 3.63) is 0 Å². The Bertz CT molecular complexity index is 787. The second kappa shape index (κ2) is 17.5. The van der Waals surface area contributed by atoms with Gasteiger partial charge < -0.3 is 35.6 Å². The van der Waals surface area contributed by atoms with E-state index in [1.165, 1.54) is 0 Å². The van der Waals surface area contributed by atoms with E-state index in [0.717, 1.165) is 25.9 Å². The van der Waals surface area contributed by atoms with E-state index in [0.29, 0.717) is 70.9 Å². The fraction of sp³-hybridized carbons (Fsp3) is 0.857. The van der Waals surface area contributed by atoms with Crippen molar-refractivity contribution in [3.8, 4) is 0 Å². The van der Waals surface area contributed by atoms with Gasteiger partial charge in [-0.3, -0.25) is 19.2 Å². The molecule has 2 aliphatic rings. The summed E-state index contributed by atoms with van der Waals surface area (Å²) in [6.45, 7) is 10.1. The maximum absolute atomic E-state index is 13.1. The lowest BCUT2D eigenvalue weighted by molar-refractivity contribution is -0.132. The van der Waals surface area contributed by atoms with Crippen molar-refractivity contribution in [2.75, 3.05) is 66.2 Å². The molecule has 224 valence electrons. The molecule has 39 heavy (non-hydrogen) atoms. The number of nitrogens with one attached hydrogen (secondary N) is 4. The molecule has 0 bridgehead atoms. The quantitative estimate of drug-likeness (QED) is 0.357. The lowest BCUT2D eigenvalue weighted by Crippen LogP contribution is -2.48. The van der Waals surface area contributed by atoms with Crippen LogP contribution in [0.2, 0.25) is 0 Å². The standard InChI is InChI=1S/C28H51N5O6/c1-28(2,3)18-25(35)29-10-6-5-7-23-27(37)31-11-8-22-19-33(4)13-9-21(22)17-24(34)30-12-14-38-15-16-39-20-26(36)32-23/h21-23H,5-20H2,1-4H3,(H,29,35)(H,30,34)(H,31,37)(H,32,36)/t21-,22-,23-/m0/s1. The molecule has 0 saturated carbocycles. The molecule has 0 spiro atoms. The Kier molecular flexibility index (Phi) is 14.8. The van der Waals surface area contributed by atoms with E-state index in [4.69, 9.17) is 9.47 Å². The fourth-order valence-electron chi connectivity index (χ4n) is 5.07. The lowest BCUT2D eigenvalue weighted by Gasteiger charge is -2.36. The molecular weight excluding hydrogens is 502 g/mol. The van der Waals surface area contributed by atoms with Crippen LogP contribution in [0.15, 0.2) is 0 Å². The largest absolute Gasteiger partial charge is 0.377 e. The van der Waals surface area contributed by atoms with Crippen LogP contribution in [-0.2, 0) is 28.7 Å². The molecule has 2 fully saturated rings. The van der Waals surface area contributed by atoms with Crippen molar-refractivity contribution >= 4 is 23.6 Å². The molecule has 0 radical (unpaired) electrons. The number of nitrogens with zero attached hydrogens (tertiary/aromatic N) is 1. The van der Waals surface area contributed by atoms with Gasteiger partial charge in [-0.1, -0.05) is 20.8 Å². The minimum Gasteiger partial charge on any atom is -0.377 e. The third kappa shape index (κ3) is 14.6. The maximum Gasteiger partial charge on any atom is 0.246 e. The highest BCUT2D eigenvalue weighted by Crippen LogP contribution is 2.28. The van der Waals surface area contributed by atoms with Gasteiger partial charge in [-0.25, -0.2) is 0 Å². The Hall–Kier alpha value is -2.24. The zero-order valence-electron chi connectivity index (χ0n) is 24.4. The first-order valence-electron chi connectivity index (χ1n) is 14.5. The Morgan fingerprint density at radius 3 is 2.51 bits per heavy atom. The van der Waals surface area contributed by atoms with E-state index >= 15 is 0 Å². The number of unbranched alkanes of at least 4 members (excludes halogenated alkanes) is 1. The number of rotatable bonds is 6. The molecule has 3 atom stereocenters. The van der Waals surface area contributed by atoms with E-state index in [1.807, 2.05) is 20.8 Å². The molecule has 0 aliphatic carbocycles. The van der Waals surface area contributed by atoms with E-state index in [2.05, 4.69) is 33.2 Å². The molecule has 2 aliphatic heterocycles. The third-order valence-electron chi connectivity index (χ3n) is 7.11. The number of carbonyl (C=O) groups excluding carboxylic acids is 4. The molecule has 0 aromatic carbocycles. The van der Waals surface area contributed by atoms with Gasteiger partial charge in [-0.2, -0.15) is 0 Å². The normalized spacial score (nSPS) is 25.6. The van der Waals surface area contributed by atoms with Crippen LogP contribution in [0.1, 0.15) is 65.7 Å². The number of hydrogen-bond donors (Lipinski definition) is 4. The summed E-state index contributed by atoms with van der Waals surface area (Å²) in [4.78, 5) is 52.4. The van der Waals surface area contributed by atoms with E-state index in [1.54, 1.807) is 0 Å². The van der Waals surface area contributed by atoms with Crippen molar-refractivity contribution in [1.82, 2.24) is 26.2 Å². The Labute approximate surface area is 233 Å². The summed E-state index contributed by atoms with van der Waals surface area (Å²) in [7, 11) is 2.08. The lowest BCUT2D eigenvalue weighted by atomic mass is 9.81. The van der Waals surface area contributed by atoms with Gasteiger partial charge >= 0.3 is 0 Å². The summed E-state index contributed by atoms with van der Waals surface area (Å²) in [5, 5.41) is 11.7. The van der Waals surface area contributed by atoms with E-state index in [9.17, 15) is 19.2 Å². The van der Waals surface area contributed by atoms with Gasteiger partial charge in [-0.15, -0.1) is 0 Å². The topological polar surface area (TPSA) is 138 Å². The third-order valence-corrected chi connectivity index (χ3v) is 7.11. The number of likely N-dealkylation sites (tertiary alicyclic amines) is 1. The number of carbonyl (C=O) groups is 4. The summed E-state index contributed by atoms with van der Waals surface area (Å²) in [5.74, 6) is 0.0314. The number of hydrogen-bond acceptors (Lipinski definition) is 7. The van der Waals surface area contributed by atoms with Gasteiger partial charge in [0.2, 0.25) is 23.6 Å². The predicted octanol–water partition coefficient (Wildman–Crippen LogP) is 0.821. The van der Waals surface area contributed by atoms with Gasteiger partial charge in [-0.05, 0) is 62.9 Å². The van der Waals surface area contributed by atoms with Crippen molar-refractivity contribution in [3.63, 3.8) is 0 Å². The molecule has 4 amide bonds. The second-order valence-corrected chi connectivity index (χ2v) is 12.1. The van der Waals surface area contributed by atoms with Crippen LogP contribution in [0.3, 0.4) is 0 Å². The number of fused-ring (bicyclic) bond motifs is 1.